The van der Waals surface area contributed by atoms with Crippen molar-refractivity contribution in [3.63, 3.8) is 0 Å². The summed E-state index contributed by atoms with van der Waals surface area (Å²) in [6.45, 7) is 5.33. The molecule has 1 fully saturated rings. The van der Waals surface area contributed by atoms with Crippen molar-refractivity contribution >= 4 is 22.6 Å². The van der Waals surface area contributed by atoms with E-state index in [1.54, 1.807) is 18.2 Å². The van der Waals surface area contributed by atoms with Crippen LogP contribution in [0.4, 0.5) is 5.69 Å². The molecule has 33 heavy (non-hydrogen) atoms. The normalized spacial score (nSPS) is 17.8. The maximum atomic E-state index is 13.0. The number of amides is 1. The minimum Gasteiger partial charge on any atom is -0.422 e. The van der Waals surface area contributed by atoms with E-state index in [4.69, 9.17) is 4.42 Å². The number of benzene rings is 2. The fraction of sp³-hybridized carbons (Fsp3) is 0.385. The van der Waals surface area contributed by atoms with Crippen LogP contribution in [0.3, 0.4) is 0 Å². The zero-order valence-corrected chi connectivity index (χ0v) is 19.2. The van der Waals surface area contributed by atoms with E-state index < -0.39 is 11.5 Å². The van der Waals surface area contributed by atoms with E-state index in [1.165, 1.54) is 16.8 Å². The monoisotopic (exact) mass is 446 g/mol. The van der Waals surface area contributed by atoms with Gasteiger partial charge in [-0.25, -0.2) is 4.79 Å². The number of anilines is 1. The van der Waals surface area contributed by atoms with Gasteiger partial charge in [-0.05, 0) is 42.8 Å². The molecule has 0 unspecified atom stereocenters. The SMILES string of the molecule is CN1CCN([C@@H](CNC(=O)c2cc3ccccc3oc2=O)c2ccc3c(c2)CCN3C)CC1. The summed E-state index contributed by atoms with van der Waals surface area (Å²) in [7, 11) is 4.26. The molecule has 3 heterocycles. The summed E-state index contributed by atoms with van der Waals surface area (Å²) in [6, 6.07) is 15.6. The second-order valence-electron chi connectivity index (χ2n) is 9.11. The lowest BCUT2D eigenvalue weighted by molar-refractivity contribution is 0.0883. The lowest BCUT2D eigenvalue weighted by Gasteiger charge is -2.38. The fourth-order valence-electron chi connectivity index (χ4n) is 4.89. The molecule has 1 N–H and O–H groups in total. The standard InChI is InChI=1S/C26H30N4O3/c1-28-11-13-30(14-12-28)23(18-7-8-22-19(15-18)9-10-29(22)2)17-27-25(31)21-16-20-5-3-4-6-24(20)33-26(21)32/h3-8,15-16,23H,9-14,17H2,1-2H3,(H,27,31)/t23-/m0/s1. The van der Waals surface area contributed by atoms with Gasteiger partial charge >= 0.3 is 5.63 Å². The molecular formula is C26H30N4O3. The zero-order chi connectivity index (χ0) is 22.9. The van der Waals surface area contributed by atoms with Gasteiger partial charge < -0.3 is 19.5 Å². The molecule has 0 aliphatic carbocycles. The first-order valence-electron chi connectivity index (χ1n) is 11.6. The molecule has 3 aromatic rings. The first-order chi connectivity index (χ1) is 16.0. The largest absolute Gasteiger partial charge is 0.422 e. The Balaban J connectivity index is 1.39. The summed E-state index contributed by atoms with van der Waals surface area (Å²) in [5.41, 5.74) is 3.77. The number of hydrogen-bond donors (Lipinski definition) is 1. The smallest absolute Gasteiger partial charge is 0.349 e. The molecule has 172 valence electrons. The molecule has 1 atom stereocenters. The average molecular weight is 447 g/mol. The van der Waals surface area contributed by atoms with E-state index in [0.717, 1.165) is 44.5 Å². The van der Waals surface area contributed by atoms with E-state index in [-0.39, 0.29) is 11.6 Å². The summed E-state index contributed by atoms with van der Waals surface area (Å²) < 4.78 is 5.36. The quantitative estimate of drug-likeness (QED) is 0.608. The number of rotatable bonds is 5. The lowest BCUT2D eigenvalue weighted by Crippen LogP contribution is -2.48. The Hall–Kier alpha value is -3.16. The van der Waals surface area contributed by atoms with E-state index in [9.17, 15) is 9.59 Å². The van der Waals surface area contributed by atoms with E-state index >= 15 is 0 Å². The number of nitrogens with zero attached hydrogens (tertiary/aromatic N) is 3. The Kier molecular flexibility index (Phi) is 5.91. The first kappa shape index (κ1) is 21.7. The molecule has 0 bridgehead atoms. The van der Waals surface area contributed by atoms with Gasteiger partial charge in [-0.15, -0.1) is 0 Å². The van der Waals surface area contributed by atoms with Gasteiger partial charge in [-0.3, -0.25) is 9.69 Å². The number of carbonyl (C=O) groups excluding carboxylic acids is 1. The number of para-hydroxylation sites is 1. The predicted octanol–water partition coefficient (Wildman–Crippen LogP) is 2.50. The molecule has 5 rings (SSSR count). The molecule has 2 aliphatic heterocycles. The second-order valence-corrected chi connectivity index (χ2v) is 9.11. The Morgan fingerprint density at radius 3 is 2.64 bits per heavy atom. The van der Waals surface area contributed by atoms with E-state index in [1.807, 2.05) is 12.1 Å². The van der Waals surface area contributed by atoms with Crippen LogP contribution in [0.25, 0.3) is 11.0 Å². The number of nitrogens with one attached hydrogen (secondary N) is 1. The summed E-state index contributed by atoms with van der Waals surface area (Å²) >= 11 is 0. The zero-order valence-electron chi connectivity index (χ0n) is 19.2. The van der Waals surface area contributed by atoms with Crippen molar-refractivity contribution in [2.75, 3.05) is 58.3 Å². The van der Waals surface area contributed by atoms with Crippen LogP contribution in [0.2, 0.25) is 0 Å². The minimum atomic E-state index is -0.608. The van der Waals surface area contributed by atoms with Crippen molar-refractivity contribution in [1.82, 2.24) is 15.1 Å². The van der Waals surface area contributed by atoms with Crippen molar-refractivity contribution < 1.29 is 9.21 Å². The molecule has 1 amide bonds. The molecule has 0 radical (unpaired) electrons. The highest BCUT2D eigenvalue weighted by Crippen LogP contribution is 2.31. The van der Waals surface area contributed by atoms with Gasteiger partial charge in [-0.2, -0.15) is 0 Å². The molecular weight excluding hydrogens is 416 g/mol. The van der Waals surface area contributed by atoms with E-state index in [2.05, 4.69) is 52.3 Å². The van der Waals surface area contributed by atoms with Gasteiger partial charge in [0, 0.05) is 57.4 Å². The van der Waals surface area contributed by atoms with Crippen molar-refractivity contribution in [1.29, 1.82) is 0 Å². The fourth-order valence-corrected chi connectivity index (χ4v) is 4.89. The maximum Gasteiger partial charge on any atom is 0.349 e. The molecule has 7 heteroatoms. The van der Waals surface area contributed by atoms with Crippen LogP contribution in [0.15, 0.2) is 57.7 Å². The van der Waals surface area contributed by atoms with Crippen LogP contribution in [0, 0.1) is 0 Å². The summed E-state index contributed by atoms with van der Waals surface area (Å²) in [6.07, 6.45) is 1.04. The van der Waals surface area contributed by atoms with Crippen LogP contribution < -0.4 is 15.8 Å². The van der Waals surface area contributed by atoms with Crippen LogP contribution >= 0.6 is 0 Å². The number of hydrogen-bond acceptors (Lipinski definition) is 6. The predicted molar refractivity (Wildman–Crippen MR) is 130 cm³/mol. The van der Waals surface area contributed by atoms with Gasteiger partial charge in [0.15, 0.2) is 0 Å². The summed E-state index contributed by atoms with van der Waals surface area (Å²) in [4.78, 5) is 32.5. The first-order valence-corrected chi connectivity index (χ1v) is 11.6. The average Bonchev–Trinajstić information content (AvgIpc) is 3.20. The lowest BCUT2D eigenvalue weighted by atomic mass is 10.00. The molecule has 2 aromatic carbocycles. The summed E-state index contributed by atoms with van der Waals surface area (Å²) in [5, 5.41) is 3.76. The molecule has 2 aliphatic rings. The highest BCUT2D eigenvalue weighted by Gasteiger charge is 2.27. The van der Waals surface area contributed by atoms with Crippen LogP contribution in [0.1, 0.15) is 27.5 Å². The van der Waals surface area contributed by atoms with Crippen LogP contribution in [-0.2, 0) is 6.42 Å². The molecule has 1 saturated heterocycles. The minimum absolute atomic E-state index is 0.0430. The highest BCUT2D eigenvalue weighted by molar-refractivity contribution is 5.96. The maximum absolute atomic E-state index is 13.0. The van der Waals surface area contributed by atoms with Crippen LogP contribution in [0.5, 0.6) is 0 Å². The van der Waals surface area contributed by atoms with Crippen molar-refractivity contribution in [3.8, 4) is 0 Å². The van der Waals surface area contributed by atoms with Crippen molar-refractivity contribution in [3.05, 3.63) is 75.6 Å². The third-order valence-corrected chi connectivity index (χ3v) is 6.94. The second kappa shape index (κ2) is 9.00. The highest BCUT2D eigenvalue weighted by atomic mass is 16.4. The van der Waals surface area contributed by atoms with Gasteiger partial charge in [0.1, 0.15) is 11.1 Å². The Morgan fingerprint density at radius 1 is 1.03 bits per heavy atom. The number of fused-ring (bicyclic) bond motifs is 2. The third-order valence-electron chi connectivity index (χ3n) is 6.94. The molecule has 1 aromatic heterocycles. The van der Waals surface area contributed by atoms with Gasteiger partial charge in [0.05, 0.1) is 6.04 Å². The molecule has 0 saturated carbocycles. The topological polar surface area (TPSA) is 69.0 Å². The number of piperazine rings is 1. The van der Waals surface area contributed by atoms with Gasteiger partial charge in [0.2, 0.25) is 0 Å². The van der Waals surface area contributed by atoms with Crippen molar-refractivity contribution in [2.45, 2.75) is 12.5 Å². The third kappa shape index (κ3) is 4.38. The van der Waals surface area contributed by atoms with Gasteiger partial charge in [-0.1, -0.05) is 30.3 Å². The Bertz CT molecular complexity index is 1230. The molecule has 0 spiro atoms. The van der Waals surface area contributed by atoms with Crippen LogP contribution in [-0.4, -0.2) is 69.1 Å². The number of likely N-dealkylation sites (N-methyl/N-ethyl adjacent to an activating group) is 2. The number of carbonyl (C=O) groups is 1. The van der Waals surface area contributed by atoms with Crippen molar-refractivity contribution in [2.24, 2.45) is 0 Å². The Labute approximate surface area is 193 Å². The summed E-state index contributed by atoms with van der Waals surface area (Å²) in [5.74, 6) is -0.394. The molecule has 7 nitrogen and oxygen atoms in total. The van der Waals surface area contributed by atoms with E-state index in [0.29, 0.717) is 12.1 Å². The Morgan fingerprint density at radius 2 is 1.82 bits per heavy atom. The van der Waals surface area contributed by atoms with Gasteiger partial charge in [0.25, 0.3) is 5.91 Å².